The maximum atomic E-state index is 11.4. The summed E-state index contributed by atoms with van der Waals surface area (Å²) in [6, 6.07) is 0.184. The van der Waals surface area contributed by atoms with Crippen molar-refractivity contribution in [3.05, 3.63) is 0 Å². The van der Waals surface area contributed by atoms with Crippen LogP contribution in [-0.4, -0.2) is 34.4 Å². The molecule has 1 aliphatic carbocycles. The van der Waals surface area contributed by atoms with Gasteiger partial charge in [-0.25, -0.2) is 0 Å². The Morgan fingerprint density at radius 3 is 2.38 bits per heavy atom. The largest absolute Gasteiger partial charge is 0.392 e. The Kier molecular flexibility index (Phi) is 5.15. The minimum absolute atomic E-state index is 0.232. The molecule has 0 aromatic carbocycles. The van der Waals surface area contributed by atoms with Crippen molar-refractivity contribution < 1.29 is 4.79 Å². The molecule has 0 aromatic heterocycles. The first kappa shape index (κ1) is 13.4. The van der Waals surface area contributed by atoms with Crippen LogP contribution >= 0.6 is 12.2 Å². The van der Waals surface area contributed by atoms with E-state index in [1.165, 1.54) is 12.8 Å². The molecular weight excluding hydrogens is 222 g/mol. The number of primary amides is 1. The molecule has 16 heavy (non-hydrogen) atoms. The third-order valence-electron chi connectivity index (χ3n) is 3.25. The second-order valence-corrected chi connectivity index (χ2v) is 4.93. The van der Waals surface area contributed by atoms with Crippen LogP contribution in [0.4, 0.5) is 0 Å². The third kappa shape index (κ3) is 3.42. The summed E-state index contributed by atoms with van der Waals surface area (Å²) in [7, 11) is 0. The van der Waals surface area contributed by atoms with Gasteiger partial charge in [0.2, 0.25) is 5.91 Å². The van der Waals surface area contributed by atoms with E-state index in [-0.39, 0.29) is 11.9 Å². The lowest BCUT2D eigenvalue weighted by Gasteiger charge is -2.33. The Morgan fingerprint density at radius 2 is 2.00 bits per heavy atom. The van der Waals surface area contributed by atoms with E-state index in [1.807, 2.05) is 6.92 Å². The van der Waals surface area contributed by atoms with Gasteiger partial charge in [0.15, 0.2) is 0 Å². The van der Waals surface area contributed by atoms with E-state index in [1.54, 1.807) is 0 Å². The average Bonchev–Trinajstić information content (AvgIpc) is 2.68. The zero-order valence-electron chi connectivity index (χ0n) is 9.82. The van der Waals surface area contributed by atoms with Gasteiger partial charge in [0, 0.05) is 12.6 Å². The first-order valence-corrected chi connectivity index (χ1v) is 6.30. The van der Waals surface area contributed by atoms with Crippen molar-refractivity contribution in [2.45, 2.75) is 51.1 Å². The quantitative estimate of drug-likeness (QED) is 0.676. The molecular formula is C11H21N3OS. The Hall–Kier alpha value is -0.680. The van der Waals surface area contributed by atoms with Crippen LogP contribution in [0.3, 0.4) is 0 Å². The SMILES string of the molecule is CCC(C(N)=O)N(CC(N)=S)C1CCCC1. The summed E-state index contributed by atoms with van der Waals surface area (Å²) in [5.41, 5.74) is 11.0. The van der Waals surface area contributed by atoms with Crippen molar-refractivity contribution in [1.29, 1.82) is 0 Å². The molecule has 4 nitrogen and oxygen atoms in total. The van der Waals surface area contributed by atoms with Crippen LogP contribution in [-0.2, 0) is 4.79 Å². The summed E-state index contributed by atoms with van der Waals surface area (Å²) < 4.78 is 0. The van der Waals surface area contributed by atoms with Gasteiger partial charge >= 0.3 is 0 Å². The second-order valence-electron chi connectivity index (χ2n) is 4.40. The van der Waals surface area contributed by atoms with E-state index in [0.717, 1.165) is 12.8 Å². The minimum atomic E-state index is -0.273. The molecule has 1 aliphatic rings. The first-order chi connectivity index (χ1) is 7.56. The van der Waals surface area contributed by atoms with Gasteiger partial charge in [-0.3, -0.25) is 9.69 Å². The second kappa shape index (κ2) is 6.15. The van der Waals surface area contributed by atoms with Gasteiger partial charge in [0.25, 0.3) is 0 Å². The van der Waals surface area contributed by atoms with Crippen molar-refractivity contribution in [3.63, 3.8) is 0 Å². The molecule has 1 saturated carbocycles. The zero-order chi connectivity index (χ0) is 12.1. The smallest absolute Gasteiger partial charge is 0.234 e. The molecule has 0 aromatic rings. The number of nitrogens with two attached hydrogens (primary N) is 2. The van der Waals surface area contributed by atoms with Gasteiger partial charge in [-0.1, -0.05) is 32.0 Å². The number of rotatable bonds is 6. The standard InChI is InChI=1S/C11H21N3OS/c1-2-9(11(13)15)14(7-10(12)16)8-5-3-4-6-8/h8-9H,2-7H2,1H3,(H2,12,16)(H2,13,15). The highest BCUT2D eigenvalue weighted by molar-refractivity contribution is 7.80. The number of thiocarbonyl (C=S) groups is 1. The molecule has 0 radical (unpaired) electrons. The molecule has 1 atom stereocenters. The lowest BCUT2D eigenvalue weighted by Crippen LogP contribution is -2.51. The summed E-state index contributed by atoms with van der Waals surface area (Å²) in [4.78, 5) is 13.9. The summed E-state index contributed by atoms with van der Waals surface area (Å²) in [6.45, 7) is 2.47. The molecule has 0 heterocycles. The predicted octanol–water partition coefficient (Wildman–Crippen LogP) is 0.781. The van der Waals surface area contributed by atoms with E-state index in [0.29, 0.717) is 24.0 Å². The van der Waals surface area contributed by atoms with Crippen molar-refractivity contribution in [2.75, 3.05) is 6.54 Å². The molecule has 0 spiro atoms. The molecule has 1 rings (SSSR count). The molecule has 0 saturated heterocycles. The lowest BCUT2D eigenvalue weighted by atomic mass is 10.1. The van der Waals surface area contributed by atoms with E-state index < -0.39 is 0 Å². The molecule has 92 valence electrons. The van der Waals surface area contributed by atoms with Crippen molar-refractivity contribution in [3.8, 4) is 0 Å². The fourth-order valence-electron chi connectivity index (χ4n) is 2.51. The van der Waals surface area contributed by atoms with Gasteiger partial charge < -0.3 is 11.5 Å². The number of amides is 1. The van der Waals surface area contributed by atoms with Gasteiger partial charge in [-0.2, -0.15) is 0 Å². The molecule has 0 aliphatic heterocycles. The normalized spacial score (nSPS) is 18.9. The highest BCUT2D eigenvalue weighted by Gasteiger charge is 2.30. The number of hydrogen-bond donors (Lipinski definition) is 2. The first-order valence-electron chi connectivity index (χ1n) is 5.89. The highest BCUT2D eigenvalue weighted by Crippen LogP contribution is 2.25. The van der Waals surface area contributed by atoms with E-state index in [2.05, 4.69) is 4.90 Å². The van der Waals surface area contributed by atoms with Crippen molar-refractivity contribution >= 4 is 23.1 Å². The molecule has 0 bridgehead atoms. The van der Waals surface area contributed by atoms with Gasteiger partial charge in [0.1, 0.15) is 0 Å². The Morgan fingerprint density at radius 1 is 1.44 bits per heavy atom. The summed E-state index contributed by atoms with van der Waals surface area (Å²) in [5.74, 6) is -0.273. The lowest BCUT2D eigenvalue weighted by molar-refractivity contribution is -0.123. The topological polar surface area (TPSA) is 72.4 Å². The average molecular weight is 243 g/mol. The number of carbonyl (C=O) groups is 1. The summed E-state index contributed by atoms with van der Waals surface area (Å²) in [6.07, 6.45) is 5.38. The van der Waals surface area contributed by atoms with Crippen LogP contribution in [0.15, 0.2) is 0 Å². The van der Waals surface area contributed by atoms with Gasteiger partial charge in [-0.15, -0.1) is 0 Å². The Balaban J connectivity index is 2.75. The molecule has 1 amide bonds. The van der Waals surface area contributed by atoms with Crippen LogP contribution in [0.2, 0.25) is 0 Å². The molecule has 1 fully saturated rings. The highest BCUT2D eigenvalue weighted by atomic mass is 32.1. The van der Waals surface area contributed by atoms with Gasteiger partial charge in [-0.05, 0) is 19.3 Å². The fourth-order valence-corrected chi connectivity index (χ4v) is 2.66. The molecule has 4 N–H and O–H groups in total. The summed E-state index contributed by atoms with van der Waals surface area (Å²) in [5, 5.41) is 0. The minimum Gasteiger partial charge on any atom is -0.392 e. The fraction of sp³-hybridized carbons (Fsp3) is 0.818. The van der Waals surface area contributed by atoms with Crippen molar-refractivity contribution in [2.24, 2.45) is 11.5 Å². The molecule has 5 heteroatoms. The van der Waals surface area contributed by atoms with Crippen molar-refractivity contribution in [1.82, 2.24) is 4.90 Å². The van der Waals surface area contributed by atoms with E-state index in [4.69, 9.17) is 23.7 Å². The number of hydrogen-bond acceptors (Lipinski definition) is 3. The van der Waals surface area contributed by atoms with E-state index in [9.17, 15) is 4.79 Å². The van der Waals surface area contributed by atoms with E-state index >= 15 is 0 Å². The van der Waals surface area contributed by atoms with Crippen LogP contribution in [0.25, 0.3) is 0 Å². The van der Waals surface area contributed by atoms with Crippen LogP contribution in [0.5, 0.6) is 0 Å². The van der Waals surface area contributed by atoms with Crippen LogP contribution in [0.1, 0.15) is 39.0 Å². The molecule has 1 unspecified atom stereocenters. The van der Waals surface area contributed by atoms with Crippen LogP contribution in [0, 0.1) is 0 Å². The van der Waals surface area contributed by atoms with Crippen LogP contribution < -0.4 is 11.5 Å². The van der Waals surface area contributed by atoms with Gasteiger partial charge in [0.05, 0.1) is 11.0 Å². The maximum absolute atomic E-state index is 11.4. The zero-order valence-corrected chi connectivity index (χ0v) is 10.6. The monoisotopic (exact) mass is 243 g/mol. The maximum Gasteiger partial charge on any atom is 0.234 e. The Labute approximate surface area is 102 Å². The third-order valence-corrected chi connectivity index (χ3v) is 3.38. The number of nitrogens with zero attached hydrogens (tertiary/aromatic N) is 1. The predicted molar refractivity (Wildman–Crippen MR) is 69.0 cm³/mol. The summed E-state index contributed by atoms with van der Waals surface area (Å²) >= 11 is 4.94. The Bertz CT molecular complexity index is 264. The number of carbonyl (C=O) groups excluding carboxylic acids is 1.